The van der Waals surface area contributed by atoms with E-state index in [1.54, 1.807) is 4.90 Å². The molecule has 1 aromatic carbocycles. The van der Waals surface area contributed by atoms with Gasteiger partial charge in [-0.2, -0.15) is 0 Å². The Morgan fingerprint density at radius 2 is 1.75 bits per heavy atom. The molecule has 0 aromatic heterocycles. The summed E-state index contributed by atoms with van der Waals surface area (Å²) in [5.74, 6) is -1.57. The number of hydrogen-bond acceptors (Lipinski definition) is 6. The highest BCUT2D eigenvalue weighted by Crippen LogP contribution is 2.15. The lowest BCUT2D eigenvalue weighted by atomic mass is 10.1. The molecular weight excluding hydrogens is 364 g/mol. The summed E-state index contributed by atoms with van der Waals surface area (Å²) in [7, 11) is 0. The zero-order chi connectivity index (χ0) is 20.1. The Hall–Kier alpha value is -2.78. The highest BCUT2D eigenvalue weighted by Gasteiger charge is 2.34. The third kappa shape index (κ3) is 4.73. The summed E-state index contributed by atoms with van der Waals surface area (Å²) in [5, 5.41) is 0. The van der Waals surface area contributed by atoms with Crippen molar-refractivity contribution in [2.24, 2.45) is 5.73 Å². The van der Waals surface area contributed by atoms with Gasteiger partial charge in [0.1, 0.15) is 19.3 Å². The number of morpholine rings is 1. The summed E-state index contributed by atoms with van der Waals surface area (Å²) in [6.07, 6.45) is 0.0155. The highest BCUT2D eigenvalue weighted by molar-refractivity contribution is 5.98. The molecule has 150 valence electrons. The highest BCUT2D eigenvalue weighted by atomic mass is 16.5. The van der Waals surface area contributed by atoms with Crippen LogP contribution in [0, 0.1) is 0 Å². The molecule has 2 saturated heterocycles. The Balaban J connectivity index is 1.57. The first kappa shape index (κ1) is 20.0. The van der Waals surface area contributed by atoms with Gasteiger partial charge in [0.25, 0.3) is 11.8 Å². The number of carbonyl (C=O) groups is 4. The van der Waals surface area contributed by atoms with E-state index in [4.69, 9.17) is 10.5 Å². The molecule has 0 radical (unpaired) electrons. The average Bonchev–Trinajstić information content (AvgIpc) is 2.68. The number of hydrogen-bond donors (Lipinski definition) is 1. The molecule has 2 fully saturated rings. The quantitative estimate of drug-likeness (QED) is 0.623. The molecule has 2 N–H and O–H groups in total. The van der Waals surface area contributed by atoms with Gasteiger partial charge in [-0.3, -0.25) is 29.0 Å². The summed E-state index contributed by atoms with van der Waals surface area (Å²) >= 11 is 0. The van der Waals surface area contributed by atoms with E-state index in [1.807, 2.05) is 35.2 Å². The van der Waals surface area contributed by atoms with Crippen molar-refractivity contribution in [3.05, 3.63) is 35.9 Å². The van der Waals surface area contributed by atoms with E-state index < -0.39 is 23.8 Å². The van der Waals surface area contributed by atoms with E-state index in [-0.39, 0.29) is 38.6 Å². The number of piperazine rings is 1. The lowest BCUT2D eigenvalue weighted by Gasteiger charge is -2.40. The molecule has 28 heavy (non-hydrogen) atoms. The summed E-state index contributed by atoms with van der Waals surface area (Å²) in [6.45, 7) is 1.47. The van der Waals surface area contributed by atoms with Gasteiger partial charge in [0.2, 0.25) is 11.8 Å². The first-order valence-corrected chi connectivity index (χ1v) is 9.21. The molecule has 9 nitrogen and oxygen atoms in total. The van der Waals surface area contributed by atoms with Crippen LogP contribution >= 0.6 is 0 Å². The van der Waals surface area contributed by atoms with Gasteiger partial charge >= 0.3 is 0 Å². The Kier molecular flexibility index (Phi) is 6.37. The summed E-state index contributed by atoms with van der Waals surface area (Å²) in [6, 6.07) is 9.17. The maximum Gasteiger partial charge on any atom is 0.255 e. The third-order valence-corrected chi connectivity index (χ3v) is 5.00. The maximum absolute atomic E-state index is 12.6. The maximum atomic E-state index is 12.6. The Morgan fingerprint density at radius 1 is 1.07 bits per heavy atom. The van der Waals surface area contributed by atoms with Crippen molar-refractivity contribution in [2.75, 3.05) is 39.4 Å². The van der Waals surface area contributed by atoms with Crippen molar-refractivity contribution in [3.8, 4) is 0 Å². The van der Waals surface area contributed by atoms with Gasteiger partial charge in [-0.1, -0.05) is 30.3 Å². The number of primary amides is 1. The van der Waals surface area contributed by atoms with Crippen LogP contribution in [0.25, 0.3) is 0 Å². The fraction of sp³-hybridized carbons (Fsp3) is 0.474. The fourth-order valence-electron chi connectivity index (χ4n) is 3.46. The van der Waals surface area contributed by atoms with Crippen molar-refractivity contribution in [1.82, 2.24) is 14.7 Å². The minimum Gasteiger partial charge on any atom is -0.368 e. The summed E-state index contributed by atoms with van der Waals surface area (Å²) in [5.41, 5.74) is 6.64. The van der Waals surface area contributed by atoms with Crippen molar-refractivity contribution < 1.29 is 23.9 Å². The van der Waals surface area contributed by atoms with Crippen LogP contribution in [-0.4, -0.2) is 83.8 Å². The normalized spacial score (nSPS) is 21.1. The van der Waals surface area contributed by atoms with Gasteiger partial charge < -0.3 is 15.4 Å². The van der Waals surface area contributed by atoms with Gasteiger partial charge in [-0.25, -0.2) is 0 Å². The van der Waals surface area contributed by atoms with Crippen LogP contribution in [0.5, 0.6) is 0 Å². The number of carbonyl (C=O) groups excluding carboxylic acids is 4. The van der Waals surface area contributed by atoms with E-state index >= 15 is 0 Å². The lowest BCUT2D eigenvalue weighted by Crippen LogP contribution is -2.59. The molecule has 0 spiro atoms. The number of nitrogens with zero attached hydrogens (tertiary/aromatic N) is 3. The minimum atomic E-state index is -0.579. The Labute approximate surface area is 163 Å². The number of nitrogens with two attached hydrogens (primary N) is 1. The van der Waals surface area contributed by atoms with Crippen LogP contribution < -0.4 is 5.73 Å². The van der Waals surface area contributed by atoms with Gasteiger partial charge in [-0.05, 0) is 5.56 Å². The topological polar surface area (TPSA) is 113 Å². The first-order chi connectivity index (χ1) is 13.5. The molecule has 0 aliphatic carbocycles. The van der Waals surface area contributed by atoms with Crippen molar-refractivity contribution in [1.29, 1.82) is 0 Å². The Morgan fingerprint density at radius 3 is 2.39 bits per heavy atom. The van der Waals surface area contributed by atoms with Crippen LogP contribution in [0.2, 0.25) is 0 Å². The van der Waals surface area contributed by atoms with E-state index in [1.165, 1.54) is 0 Å². The molecular formula is C19H24N4O5. The first-order valence-electron chi connectivity index (χ1n) is 9.21. The average molecular weight is 388 g/mol. The number of rotatable bonds is 6. The molecule has 1 atom stereocenters. The largest absolute Gasteiger partial charge is 0.368 e. The predicted molar refractivity (Wildman–Crippen MR) is 98.6 cm³/mol. The molecule has 2 aliphatic rings. The standard InChI is InChI=1S/C19H24N4O5/c20-19(27)15-11-22(9-8-21(15)10-14-4-2-1-3-5-14)16(24)6-7-23-17(25)12-28-13-18(23)26/h1-5,15H,6-13H2,(H2,20,27)/t15-/m1/s1. The molecule has 1 aromatic rings. The second-order valence-electron chi connectivity index (χ2n) is 6.90. The van der Waals surface area contributed by atoms with Crippen LogP contribution in [0.4, 0.5) is 0 Å². The molecule has 0 bridgehead atoms. The smallest absolute Gasteiger partial charge is 0.255 e. The molecule has 3 rings (SSSR count). The van der Waals surface area contributed by atoms with Crippen LogP contribution in [0.3, 0.4) is 0 Å². The molecule has 0 saturated carbocycles. The molecule has 0 unspecified atom stereocenters. The van der Waals surface area contributed by atoms with Gasteiger partial charge in [-0.15, -0.1) is 0 Å². The summed E-state index contributed by atoms with van der Waals surface area (Å²) in [4.78, 5) is 52.6. The molecule has 4 amide bonds. The van der Waals surface area contributed by atoms with Crippen LogP contribution in [-0.2, 0) is 30.5 Å². The van der Waals surface area contributed by atoms with Crippen LogP contribution in [0.1, 0.15) is 12.0 Å². The number of amides is 4. The molecule has 2 heterocycles. The summed E-state index contributed by atoms with van der Waals surface area (Å²) < 4.78 is 4.86. The third-order valence-electron chi connectivity index (χ3n) is 5.00. The number of imide groups is 1. The predicted octanol–water partition coefficient (Wildman–Crippen LogP) is -1.04. The van der Waals surface area contributed by atoms with Gasteiger partial charge in [0.15, 0.2) is 0 Å². The lowest BCUT2D eigenvalue weighted by molar-refractivity contribution is -0.158. The van der Waals surface area contributed by atoms with Crippen molar-refractivity contribution in [3.63, 3.8) is 0 Å². The van der Waals surface area contributed by atoms with Gasteiger partial charge in [0, 0.05) is 39.1 Å². The van der Waals surface area contributed by atoms with E-state index in [0.29, 0.717) is 19.6 Å². The second-order valence-corrected chi connectivity index (χ2v) is 6.90. The molecule has 2 aliphatic heterocycles. The second kappa shape index (κ2) is 8.94. The van der Waals surface area contributed by atoms with Crippen molar-refractivity contribution >= 4 is 23.6 Å². The van der Waals surface area contributed by atoms with E-state index in [0.717, 1.165) is 10.5 Å². The fourth-order valence-corrected chi connectivity index (χ4v) is 3.46. The number of ether oxygens (including phenoxy) is 1. The SMILES string of the molecule is NC(=O)[C@H]1CN(C(=O)CCN2C(=O)COCC2=O)CCN1Cc1ccccc1. The zero-order valence-electron chi connectivity index (χ0n) is 15.6. The van der Waals surface area contributed by atoms with Crippen LogP contribution in [0.15, 0.2) is 30.3 Å². The van der Waals surface area contributed by atoms with Crippen molar-refractivity contribution in [2.45, 2.75) is 19.0 Å². The number of benzene rings is 1. The zero-order valence-corrected chi connectivity index (χ0v) is 15.6. The van der Waals surface area contributed by atoms with E-state index in [9.17, 15) is 19.2 Å². The molecule has 9 heteroatoms. The van der Waals surface area contributed by atoms with Gasteiger partial charge in [0.05, 0.1) is 0 Å². The Bertz CT molecular complexity index is 738. The van der Waals surface area contributed by atoms with E-state index in [2.05, 4.69) is 0 Å². The monoisotopic (exact) mass is 388 g/mol. The minimum absolute atomic E-state index is 0.0155.